The lowest BCUT2D eigenvalue weighted by Crippen LogP contribution is -2.30. The average molecular weight is 909 g/mol. The van der Waals surface area contributed by atoms with Crippen LogP contribution in [0, 0.1) is 0 Å². The lowest BCUT2D eigenvalue weighted by molar-refractivity contribution is -0.167. The molecule has 6 nitrogen and oxygen atoms in total. The van der Waals surface area contributed by atoms with Crippen molar-refractivity contribution in [3.8, 4) is 0 Å². The molecule has 0 fully saturated rings. The Morgan fingerprint density at radius 3 is 0.908 bits per heavy atom. The summed E-state index contributed by atoms with van der Waals surface area (Å²) in [7, 11) is 0. The van der Waals surface area contributed by atoms with E-state index in [4.69, 9.17) is 14.2 Å². The van der Waals surface area contributed by atoms with Crippen molar-refractivity contribution in [3.05, 3.63) is 60.8 Å². The summed E-state index contributed by atoms with van der Waals surface area (Å²) >= 11 is 0. The Morgan fingerprint density at radius 1 is 0.308 bits per heavy atom. The molecule has 0 N–H and O–H groups in total. The fourth-order valence-corrected chi connectivity index (χ4v) is 7.73. The molecule has 0 aliphatic heterocycles. The number of hydrogen-bond acceptors (Lipinski definition) is 6. The number of carbonyl (C=O) groups is 3. The number of ether oxygens (including phenoxy) is 3. The average Bonchev–Trinajstić information content (AvgIpc) is 3.30. The predicted octanol–water partition coefficient (Wildman–Crippen LogP) is 18.4. The molecule has 1 unspecified atom stereocenters. The number of carbonyl (C=O) groups excluding carboxylic acids is 3. The van der Waals surface area contributed by atoms with E-state index in [1.54, 1.807) is 0 Å². The molecule has 376 valence electrons. The fraction of sp³-hybridized carbons (Fsp3) is 0.780. The van der Waals surface area contributed by atoms with Crippen LogP contribution in [-0.2, 0) is 28.6 Å². The first-order chi connectivity index (χ1) is 32.0. The third-order valence-electron chi connectivity index (χ3n) is 12.0. The zero-order valence-corrected chi connectivity index (χ0v) is 43.0. The van der Waals surface area contributed by atoms with Gasteiger partial charge in [0.25, 0.3) is 0 Å². The Balaban J connectivity index is 4.40. The predicted molar refractivity (Wildman–Crippen MR) is 279 cm³/mol. The highest BCUT2D eigenvalue weighted by atomic mass is 16.6. The molecule has 0 heterocycles. The van der Waals surface area contributed by atoms with Gasteiger partial charge in [-0.3, -0.25) is 14.4 Å². The lowest BCUT2D eigenvalue weighted by atomic mass is 10.1. The first kappa shape index (κ1) is 62.1. The van der Waals surface area contributed by atoms with Gasteiger partial charge in [0.15, 0.2) is 6.10 Å². The van der Waals surface area contributed by atoms with E-state index in [1.165, 1.54) is 141 Å². The van der Waals surface area contributed by atoms with Crippen molar-refractivity contribution >= 4 is 17.9 Å². The molecule has 0 saturated carbocycles. The van der Waals surface area contributed by atoms with Crippen molar-refractivity contribution < 1.29 is 28.6 Å². The largest absolute Gasteiger partial charge is 0.462 e. The van der Waals surface area contributed by atoms with Gasteiger partial charge in [-0.05, 0) is 109 Å². The van der Waals surface area contributed by atoms with Gasteiger partial charge in [-0.2, -0.15) is 0 Å². The van der Waals surface area contributed by atoms with Crippen molar-refractivity contribution in [2.24, 2.45) is 0 Å². The molecule has 0 aromatic heterocycles. The van der Waals surface area contributed by atoms with Crippen molar-refractivity contribution in [2.45, 2.75) is 284 Å². The van der Waals surface area contributed by atoms with Crippen LogP contribution in [0.15, 0.2) is 60.8 Å². The third kappa shape index (κ3) is 51.9. The van der Waals surface area contributed by atoms with Gasteiger partial charge in [0, 0.05) is 19.3 Å². The van der Waals surface area contributed by atoms with E-state index in [-0.39, 0.29) is 31.1 Å². The van der Waals surface area contributed by atoms with Crippen LogP contribution in [0.1, 0.15) is 278 Å². The minimum Gasteiger partial charge on any atom is -0.462 e. The van der Waals surface area contributed by atoms with E-state index in [0.29, 0.717) is 19.3 Å². The molecule has 65 heavy (non-hydrogen) atoms. The third-order valence-corrected chi connectivity index (χ3v) is 12.0. The van der Waals surface area contributed by atoms with Crippen LogP contribution in [-0.4, -0.2) is 37.2 Å². The van der Waals surface area contributed by atoms with E-state index in [1.807, 2.05) is 0 Å². The standard InChI is InChI=1S/C59H104O6/c1-4-7-10-13-16-19-22-25-28-29-30-31-32-35-37-40-43-46-49-52-58(61)64-55-56(65-59(62)53-50-47-44-41-38-34-27-24-21-18-15-12-9-6-3)54-63-57(60)51-48-45-42-39-36-33-26-23-20-17-14-11-8-5-2/h16,19,23-28,30-31,56H,4-15,17-18,20-22,29,32-55H2,1-3H3/b19-16-,26-23-,27-24-,28-25-,31-30-. The van der Waals surface area contributed by atoms with Crippen molar-refractivity contribution in [1.82, 2.24) is 0 Å². The summed E-state index contributed by atoms with van der Waals surface area (Å²) in [4.78, 5) is 38.1. The van der Waals surface area contributed by atoms with E-state index in [0.717, 1.165) is 96.3 Å². The van der Waals surface area contributed by atoms with Crippen LogP contribution in [0.25, 0.3) is 0 Å². The highest BCUT2D eigenvalue weighted by Crippen LogP contribution is 2.14. The SMILES string of the molecule is CCCCC/C=C\C/C=C\C/C=C\CCCCCCCCC(=O)OCC(COC(=O)CCCCCCC/C=C\CCCCCCC)OC(=O)CCCCCCC/C=C\CCCCCCC. The number of esters is 3. The lowest BCUT2D eigenvalue weighted by Gasteiger charge is -2.18. The normalized spacial score (nSPS) is 12.5. The topological polar surface area (TPSA) is 78.9 Å². The molecular formula is C59H104O6. The summed E-state index contributed by atoms with van der Waals surface area (Å²) in [6.45, 7) is 6.58. The molecule has 0 aliphatic carbocycles. The fourth-order valence-electron chi connectivity index (χ4n) is 7.73. The summed E-state index contributed by atoms with van der Waals surface area (Å²) in [6.07, 6.45) is 66.3. The molecule has 1 atom stereocenters. The van der Waals surface area contributed by atoms with Crippen molar-refractivity contribution in [3.63, 3.8) is 0 Å². The summed E-state index contributed by atoms with van der Waals surface area (Å²) < 4.78 is 16.8. The van der Waals surface area contributed by atoms with Gasteiger partial charge < -0.3 is 14.2 Å². The minimum absolute atomic E-state index is 0.0855. The molecule has 6 heteroatoms. The molecule has 0 saturated heterocycles. The van der Waals surface area contributed by atoms with Crippen molar-refractivity contribution in [1.29, 1.82) is 0 Å². The molecule has 0 amide bonds. The molecule has 0 aliphatic rings. The second-order valence-electron chi connectivity index (χ2n) is 18.5. The van der Waals surface area contributed by atoms with Gasteiger partial charge in [0.2, 0.25) is 0 Å². The Labute approximate surface area is 402 Å². The Hall–Kier alpha value is -2.89. The molecule has 0 rings (SSSR count). The second-order valence-corrected chi connectivity index (χ2v) is 18.5. The number of allylic oxidation sites excluding steroid dienone is 10. The summed E-state index contributed by atoms with van der Waals surface area (Å²) in [5.41, 5.74) is 0. The highest BCUT2D eigenvalue weighted by molar-refractivity contribution is 5.71. The maximum absolute atomic E-state index is 12.8. The Bertz CT molecular complexity index is 1180. The van der Waals surface area contributed by atoms with Gasteiger partial charge >= 0.3 is 17.9 Å². The molecule has 0 radical (unpaired) electrons. The quantitative estimate of drug-likeness (QED) is 0.0262. The summed E-state index contributed by atoms with van der Waals surface area (Å²) in [5, 5.41) is 0. The number of hydrogen-bond donors (Lipinski definition) is 0. The van der Waals surface area contributed by atoms with E-state index in [2.05, 4.69) is 81.5 Å². The monoisotopic (exact) mass is 909 g/mol. The van der Waals surface area contributed by atoms with Crippen LogP contribution < -0.4 is 0 Å². The maximum Gasteiger partial charge on any atom is 0.306 e. The van der Waals surface area contributed by atoms with Crippen LogP contribution in [0.5, 0.6) is 0 Å². The summed E-state index contributed by atoms with van der Waals surface area (Å²) in [6, 6.07) is 0. The van der Waals surface area contributed by atoms with E-state index in [9.17, 15) is 14.4 Å². The van der Waals surface area contributed by atoms with Gasteiger partial charge in [-0.25, -0.2) is 0 Å². The Morgan fingerprint density at radius 2 is 0.554 bits per heavy atom. The first-order valence-corrected chi connectivity index (χ1v) is 27.8. The second kappa shape index (κ2) is 53.7. The van der Waals surface area contributed by atoms with Crippen LogP contribution in [0.3, 0.4) is 0 Å². The van der Waals surface area contributed by atoms with Gasteiger partial charge in [-0.1, -0.05) is 210 Å². The number of rotatable bonds is 50. The minimum atomic E-state index is -0.787. The van der Waals surface area contributed by atoms with E-state index < -0.39 is 6.10 Å². The summed E-state index contributed by atoms with van der Waals surface area (Å²) in [5.74, 6) is -0.907. The van der Waals surface area contributed by atoms with Gasteiger partial charge in [0.1, 0.15) is 13.2 Å². The molecule has 0 bridgehead atoms. The molecular weight excluding hydrogens is 805 g/mol. The molecule has 0 aromatic carbocycles. The van der Waals surface area contributed by atoms with E-state index >= 15 is 0 Å². The zero-order chi connectivity index (χ0) is 47.2. The molecule has 0 aromatic rings. The maximum atomic E-state index is 12.8. The Kier molecular flexibility index (Phi) is 51.3. The van der Waals surface area contributed by atoms with Crippen LogP contribution in [0.2, 0.25) is 0 Å². The highest BCUT2D eigenvalue weighted by Gasteiger charge is 2.19. The van der Waals surface area contributed by atoms with Crippen LogP contribution >= 0.6 is 0 Å². The smallest absolute Gasteiger partial charge is 0.306 e. The zero-order valence-electron chi connectivity index (χ0n) is 43.0. The van der Waals surface area contributed by atoms with Gasteiger partial charge in [-0.15, -0.1) is 0 Å². The molecule has 0 spiro atoms. The van der Waals surface area contributed by atoms with Gasteiger partial charge in [0.05, 0.1) is 0 Å². The first-order valence-electron chi connectivity index (χ1n) is 27.8. The van der Waals surface area contributed by atoms with Crippen LogP contribution in [0.4, 0.5) is 0 Å². The number of unbranched alkanes of at least 4 members (excludes halogenated alkanes) is 29. The van der Waals surface area contributed by atoms with Crippen molar-refractivity contribution in [2.75, 3.05) is 13.2 Å².